The van der Waals surface area contributed by atoms with Crippen LogP contribution in [-0.4, -0.2) is 84.6 Å². The average Bonchev–Trinajstić information content (AvgIpc) is 2.80. The van der Waals surface area contributed by atoms with Gasteiger partial charge in [-0.25, -0.2) is 4.79 Å². The zero-order chi connectivity index (χ0) is 26.0. The molecule has 35 heavy (non-hydrogen) atoms. The number of nitrogens with zero attached hydrogens (tertiary/aromatic N) is 2. The highest BCUT2D eigenvalue weighted by Gasteiger charge is 2.38. The summed E-state index contributed by atoms with van der Waals surface area (Å²) in [6.45, 7) is 4.79. The Balaban J connectivity index is 1.97. The van der Waals surface area contributed by atoms with Crippen LogP contribution in [0.3, 0.4) is 0 Å². The average molecular weight is 492 g/mol. The second-order valence-corrected chi connectivity index (χ2v) is 8.98. The summed E-state index contributed by atoms with van der Waals surface area (Å²) in [4.78, 5) is 64.4. The zero-order valence-corrected chi connectivity index (χ0v) is 20.6. The predicted octanol–water partition coefficient (Wildman–Crippen LogP) is 1.25. The van der Waals surface area contributed by atoms with Crippen molar-refractivity contribution in [3.63, 3.8) is 0 Å². The molecule has 11 heteroatoms. The number of amides is 3. The second-order valence-electron chi connectivity index (χ2n) is 8.98. The third-order valence-electron chi connectivity index (χ3n) is 5.09. The number of carbonyl (C=O) groups is 5. The van der Waals surface area contributed by atoms with Crippen LogP contribution in [0, 0.1) is 0 Å². The molecule has 1 unspecified atom stereocenters. The minimum Gasteiger partial charge on any atom is -0.469 e. The molecule has 11 nitrogen and oxygen atoms in total. The number of nitrogens with one attached hydrogen (secondary N) is 1. The van der Waals surface area contributed by atoms with Crippen molar-refractivity contribution in [3.05, 3.63) is 35.9 Å². The number of carbonyl (C=O) groups excluding carboxylic acids is 5. The molecule has 0 bridgehead atoms. The second kappa shape index (κ2) is 12.7. The van der Waals surface area contributed by atoms with Crippen LogP contribution in [0.5, 0.6) is 0 Å². The van der Waals surface area contributed by atoms with E-state index in [1.807, 2.05) is 18.2 Å². The van der Waals surface area contributed by atoms with Crippen molar-refractivity contribution in [2.45, 2.75) is 51.9 Å². The molecule has 2 rings (SSSR count). The fourth-order valence-corrected chi connectivity index (χ4v) is 3.48. The largest absolute Gasteiger partial charge is 0.469 e. The number of hydrogen-bond acceptors (Lipinski definition) is 8. The standard InChI is InChI=1S/C24H33N3O8/c1-24(2,3)35-21(30)15-26-12-13-27(18(22(26)31)10-11-20(29)33-4)19(28)14-25-23(32)34-16-17-8-6-5-7-9-17/h5-9,18H,10-16H2,1-4H3,(H,25,32). The van der Waals surface area contributed by atoms with Crippen molar-refractivity contribution >= 4 is 29.8 Å². The van der Waals surface area contributed by atoms with Crippen LogP contribution in [0.2, 0.25) is 0 Å². The van der Waals surface area contributed by atoms with E-state index in [2.05, 4.69) is 10.1 Å². The van der Waals surface area contributed by atoms with E-state index < -0.39 is 41.5 Å². The van der Waals surface area contributed by atoms with E-state index in [1.165, 1.54) is 16.9 Å². The van der Waals surface area contributed by atoms with Gasteiger partial charge in [-0.15, -0.1) is 0 Å². The van der Waals surface area contributed by atoms with Gasteiger partial charge in [0.2, 0.25) is 11.8 Å². The van der Waals surface area contributed by atoms with Crippen molar-refractivity contribution < 1.29 is 38.2 Å². The highest BCUT2D eigenvalue weighted by molar-refractivity contribution is 5.92. The van der Waals surface area contributed by atoms with E-state index >= 15 is 0 Å². The third-order valence-corrected chi connectivity index (χ3v) is 5.09. The van der Waals surface area contributed by atoms with Crippen LogP contribution in [0.1, 0.15) is 39.2 Å². The molecule has 0 saturated carbocycles. The van der Waals surface area contributed by atoms with Gasteiger partial charge in [0.1, 0.15) is 31.3 Å². The summed E-state index contributed by atoms with van der Waals surface area (Å²) in [5.41, 5.74) is 0.0896. The molecule has 3 amide bonds. The van der Waals surface area contributed by atoms with E-state index in [0.29, 0.717) is 0 Å². The van der Waals surface area contributed by atoms with Gasteiger partial charge in [-0.1, -0.05) is 30.3 Å². The minimum absolute atomic E-state index is 0.0144. The monoisotopic (exact) mass is 491 g/mol. The summed E-state index contributed by atoms with van der Waals surface area (Å²) in [7, 11) is 1.23. The lowest BCUT2D eigenvalue weighted by Gasteiger charge is -2.40. The van der Waals surface area contributed by atoms with Crippen LogP contribution >= 0.6 is 0 Å². The third kappa shape index (κ3) is 9.26. The van der Waals surface area contributed by atoms with Crippen LogP contribution in [0.4, 0.5) is 4.79 Å². The molecule has 1 heterocycles. The molecule has 1 N–H and O–H groups in total. The van der Waals surface area contributed by atoms with Gasteiger partial charge in [-0.3, -0.25) is 19.2 Å². The van der Waals surface area contributed by atoms with Gasteiger partial charge in [0, 0.05) is 19.5 Å². The number of esters is 2. The number of methoxy groups -OCH3 is 1. The Kier molecular flexibility index (Phi) is 10.0. The highest BCUT2D eigenvalue weighted by Crippen LogP contribution is 2.18. The first-order chi connectivity index (χ1) is 16.5. The first kappa shape index (κ1) is 27.6. The number of alkyl carbamates (subject to hydrolysis) is 1. The summed E-state index contributed by atoms with van der Waals surface area (Å²) >= 11 is 0. The lowest BCUT2D eigenvalue weighted by molar-refractivity contribution is -0.163. The van der Waals surface area contributed by atoms with E-state index in [4.69, 9.17) is 9.47 Å². The SMILES string of the molecule is COC(=O)CCC1C(=O)N(CC(=O)OC(C)(C)C)CCN1C(=O)CNC(=O)OCc1ccccc1. The molecule has 1 saturated heterocycles. The topological polar surface area (TPSA) is 132 Å². The Morgan fingerprint density at radius 3 is 2.37 bits per heavy atom. The van der Waals surface area contributed by atoms with Crippen LogP contribution in [0.15, 0.2) is 30.3 Å². The number of rotatable bonds is 9. The lowest BCUT2D eigenvalue weighted by Crippen LogP contribution is -2.61. The molecule has 0 spiro atoms. The number of ether oxygens (including phenoxy) is 3. The normalized spacial score (nSPS) is 15.9. The van der Waals surface area contributed by atoms with Gasteiger partial charge >= 0.3 is 18.0 Å². The maximum absolute atomic E-state index is 13.1. The maximum atomic E-state index is 13.1. The molecule has 1 aliphatic rings. The summed E-state index contributed by atoms with van der Waals surface area (Å²) < 4.78 is 15.0. The minimum atomic E-state index is -0.986. The molecular formula is C24H33N3O8. The Bertz CT molecular complexity index is 913. The predicted molar refractivity (Wildman–Crippen MR) is 124 cm³/mol. The van der Waals surface area contributed by atoms with E-state index in [9.17, 15) is 24.0 Å². The molecule has 0 aliphatic carbocycles. The molecular weight excluding hydrogens is 458 g/mol. The highest BCUT2D eigenvalue weighted by atomic mass is 16.6. The maximum Gasteiger partial charge on any atom is 0.407 e. The Hall–Kier alpha value is -3.63. The summed E-state index contributed by atoms with van der Waals surface area (Å²) in [6, 6.07) is 8.08. The van der Waals surface area contributed by atoms with Crippen molar-refractivity contribution in [2.24, 2.45) is 0 Å². The van der Waals surface area contributed by atoms with Gasteiger partial charge in [0.15, 0.2) is 0 Å². The van der Waals surface area contributed by atoms with E-state index in [1.54, 1.807) is 32.9 Å². The Labute approximate surface area is 204 Å². The summed E-state index contributed by atoms with van der Waals surface area (Å²) in [5.74, 6) is -2.09. The van der Waals surface area contributed by atoms with Crippen molar-refractivity contribution in [2.75, 3.05) is 33.3 Å². The summed E-state index contributed by atoms with van der Waals surface area (Å²) in [5, 5.41) is 2.39. The van der Waals surface area contributed by atoms with Crippen LogP contribution in [0.25, 0.3) is 0 Å². The Morgan fingerprint density at radius 2 is 1.74 bits per heavy atom. The molecule has 1 aromatic carbocycles. The Morgan fingerprint density at radius 1 is 1.06 bits per heavy atom. The number of benzene rings is 1. The molecule has 0 aromatic heterocycles. The van der Waals surface area contributed by atoms with E-state index in [-0.39, 0.29) is 45.6 Å². The van der Waals surface area contributed by atoms with Gasteiger partial charge in [-0.2, -0.15) is 0 Å². The smallest absolute Gasteiger partial charge is 0.407 e. The first-order valence-electron chi connectivity index (χ1n) is 11.3. The molecule has 1 fully saturated rings. The van der Waals surface area contributed by atoms with Gasteiger partial charge in [0.25, 0.3) is 0 Å². The fraction of sp³-hybridized carbons (Fsp3) is 0.542. The van der Waals surface area contributed by atoms with Gasteiger partial charge < -0.3 is 29.3 Å². The molecule has 192 valence electrons. The van der Waals surface area contributed by atoms with Gasteiger partial charge in [-0.05, 0) is 32.8 Å². The fourth-order valence-electron chi connectivity index (χ4n) is 3.48. The number of hydrogen-bond donors (Lipinski definition) is 1. The van der Waals surface area contributed by atoms with Crippen molar-refractivity contribution in [3.8, 4) is 0 Å². The first-order valence-corrected chi connectivity index (χ1v) is 11.3. The van der Waals surface area contributed by atoms with Crippen molar-refractivity contribution in [1.29, 1.82) is 0 Å². The molecule has 0 radical (unpaired) electrons. The lowest BCUT2D eigenvalue weighted by atomic mass is 10.0. The van der Waals surface area contributed by atoms with Crippen molar-refractivity contribution in [1.82, 2.24) is 15.1 Å². The molecule has 1 atom stereocenters. The summed E-state index contributed by atoms with van der Waals surface area (Å²) in [6.07, 6.45) is -0.854. The van der Waals surface area contributed by atoms with Gasteiger partial charge in [0.05, 0.1) is 7.11 Å². The van der Waals surface area contributed by atoms with Crippen LogP contribution < -0.4 is 5.32 Å². The zero-order valence-electron chi connectivity index (χ0n) is 20.6. The quantitative estimate of drug-likeness (QED) is 0.403. The molecule has 1 aliphatic heterocycles. The van der Waals surface area contributed by atoms with Crippen LogP contribution in [-0.2, 0) is 40.0 Å². The number of piperazine rings is 1. The molecule has 1 aromatic rings. The van der Waals surface area contributed by atoms with E-state index in [0.717, 1.165) is 5.56 Å².